The predicted octanol–water partition coefficient (Wildman–Crippen LogP) is 0.674. The van der Waals surface area contributed by atoms with Crippen molar-refractivity contribution in [2.75, 3.05) is 0 Å². The topological polar surface area (TPSA) is 83.5 Å². The van der Waals surface area contributed by atoms with E-state index in [1.165, 1.54) is 0 Å². The Balaban J connectivity index is 2.87. The Kier molecular flexibility index (Phi) is 4.05. The molecule has 0 radical (unpaired) electrons. The molecule has 0 aliphatic heterocycles. The van der Waals surface area contributed by atoms with E-state index in [0.29, 0.717) is 18.3 Å². The Hall–Kier alpha value is -1.62. The normalized spacial score (nSPS) is 12.1. The fraction of sp³-hybridized carbons (Fsp3) is 0.400. The second-order valence-corrected chi connectivity index (χ2v) is 3.53. The van der Waals surface area contributed by atoms with E-state index in [2.05, 4.69) is 29.3 Å². The highest BCUT2D eigenvalue weighted by Gasteiger charge is 2.07. The second-order valence-electron chi connectivity index (χ2n) is 3.53. The predicted molar refractivity (Wildman–Crippen MR) is 58.7 cm³/mol. The van der Waals surface area contributed by atoms with Gasteiger partial charge in [-0.1, -0.05) is 25.1 Å². The van der Waals surface area contributed by atoms with Crippen molar-refractivity contribution in [3.63, 3.8) is 0 Å². The highest BCUT2D eigenvalue weighted by atomic mass is 16.4. The molecule has 4 N–H and O–H groups in total. The summed E-state index contributed by atoms with van der Waals surface area (Å²) in [5.74, 6) is 0.0381. The number of hydrogen-bond donors (Lipinski definition) is 3. The molecule has 5 nitrogen and oxygen atoms in total. The Morgan fingerprint density at radius 1 is 1.67 bits per heavy atom. The molecule has 0 aliphatic rings. The Bertz CT molecular complexity index is 349. The molecule has 5 heteroatoms. The molecule has 1 aromatic rings. The van der Waals surface area contributed by atoms with Crippen LogP contribution in [0.1, 0.15) is 25.1 Å². The molecule has 0 fully saturated rings. The zero-order valence-electron chi connectivity index (χ0n) is 8.94. The molecule has 0 bridgehead atoms. The van der Waals surface area contributed by atoms with Crippen LogP contribution in [-0.2, 0) is 6.54 Å². The monoisotopic (exact) mass is 208 g/mol. The Morgan fingerprint density at radius 2 is 2.40 bits per heavy atom. The molecule has 1 heterocycles. The van der Waals surface area contributed by atoms with Gasteiger partial charge >= 0.3 is 0 Å². The maximum Gasteiger partial charge on any atom is 0.189 e. The van der Waals surface area contributed by atoms with Gasteiger partial charge in [-0.25, -0.2) is 0 Å². The van der Waals surface area contributed by atoms with E-state index < -0.39 is 0 Å². The summed E-state index contributed by atoms with van der Waals surface area (Å²) < 4.78 is 0. The van der Waals surface area contributed by atoms with Crippen LogP contribution in [0, 0.1) is 0 Å². The van der Waals surface area contributed by atoms with Crippen LogP contribution in [0.5, 0.6) is 0 Å². The molecule has 0 aromatic carbocycles. The lowest BCUT2D eigenvalue weighted by atomic mass is 10.1. The number of pyridine rings is 1. The maximum atomic E-state index is 8.59. The number of nitrogens with one attached hydrogen (secondary N) is 1. The van der Waals surface area contributed by atoms with Gasteiger partial charge in [-0.05, 0) is 11.6 Å². The number of nitrogens with zero attached hydrogens (tertiary/aromatic N) is 2. The minimum atomic E-state index is 0.0381. The molecule has 1 rings (SSSR count). The van der Waals surface area contributed by atoms with Gasteiger partial charge in [0.1, 0.15) is 5.69 Å². The van der Waals surface area contributed by atoms with E-state index in [1.807, 2.05) is 12.1 Å². The van der Waals surface area contributed by atoms with Crippen LogP contribution in [0.25, 0.3) is 0 Å². The van der Waals surface area contributed by atoms with Gasteiger partial charge in [0.15, 0.2) is 5.84 Å². The second kappa shape index (κ2) is 5.31. The summed E-state index contributed by atoms with van der Waals surface area (Å²) in [5, 5.41) is 14.8. The van der Waals surface area contributed by atoms with Crippen molar-refractivity contribution in [3.8, 4) is 0 Å². The summed E-state index contributed by atoms with van der Waals surface area (Å²) >= 11 is 0. The first-order chi connectivity index (χ1) is 7.15. The summed E-state index contributed by atoms with van der Waals surface area (Å²) in [4.78, 5) is 4.07. The molecule has 1 aromatic heterocycles. The third kappa shape index (κ3) is 3.21. The average Bonchev–Trinajstić information content (AvgIpc) is 2.25. The van der Waals surface area contributed by atoms with Crippen LogP contribution in [-0.4, -0.2) is 22.1 Å². The van der Waals surface area contributed by atoms with Crippen molar-refractivity contribution in [2.24, 2.45) is 10.9 Å². The fourth-order valence-corrected chi connectivity index (χ4v) is 1.17. The third-order valence-corrected chi connectivity index (χ3v) is 1.94. The highest BCUT2D eigenvalue weighted by Crippen LogP contribution is 2.04. The SMILES string of the molecule is CC(C)NCc1cccnc1C(N)=NO. The average molecular weight is 208 g/mol. The Morgan fingerprint density at radius 3 is 3.00 bits per heavy atom. The van der Waals surface area contributed by atoms with E-state index >= 15 is 0 Å². The van der Waals surface area contributed by atoms with Crippen molar-refractivity contribution in [2.45, 2.75) is 26.4 Å². The van der Waals surface area contributed by atoms with Gasteiger partial charge in [-0.3, -0.25) is 4.98 Å². The summed E-state index contributed by atoms with van der Waals surface area (Å²) in [5.41, 5.74) is 6.95. The number of oxime groups is 1. The van der Waals surface area contributed by atoms with Crippen LogP contribution < -0.4 is 11.1 Å². The lowest BCUT2D eigenvalue weighted by molar-refractivity contribution is 0.318. The molecule has 0 amide bonds. The van der Waals surface area contributed by atoms with E-state index in [9.17, 15) is 0 Å². The first-order valence-corrected chi connectivity index (χ1v) is 4.80. The summed E-state index contributed by atoms with van der Waals surface area (Å²) in [6, 6.07) is 4.10. The number of nitrogens with two attached hydrogens (primary N) is 1. The van der Waals surface area contributed by atoms with Crippen LogP contribution in [0.4, 0.5) is 0 Å². The van der Waals surface area contributed by atoms with Crippen LogP contribution in [0.2, 0.25) is 0 Å². The minimum absolute atomic E-state index is 0.0381. The van der Waals surface area contributed by atoms with Gasteiger partial charge in [0.2, 0.25) is 0 Å². The van der Waals surface area contributed by atoms with Crippen molar-refractivity contribution in [3.05, 3.63) is 29.6 Å². The highest BCUT2D eigenvalue weighted by molar-refractivity contribution is 5.96. The summed E-state index contributed by atoms with van der Waals surface area (Å²) in [7, 11) is 0. The maximum absolute atomic E-state index is 8.59. The zero-order chi connectivity index (χ0) is 11.3. The lowest BCUT2D eigenvalue weighted by Crippen LogP contribution is -2.25. The minimum Gasteiger partial charge on any atom is -0.409 e. The molecular formula is C10H16N4O. The van der Waals surface area contributed by atoms with Crippen molar-refractivity contribution in [1.29, 1.82) is 0 Å². The smallest absolute Gasteiger partial charge is 0.189 e. The molecule has 0 unspecified atom stereocenters. The number of rotatable bonds is 4. The number of aromatic nitrogens is 1. The zero-order valence-corrected chi connectivity index (χ0v) is 8.94. The lowest BCUT2D eigenvalue weighted by Gasteiger charge is -2.10. The quantitative estimate of drug-likeness (QED) is 0.294. The molecule has 0 atom stereocenters. The number of hydrogen-bond acceptors (Lipinski definition) is 4. The number of amidine groups is 1. The summed E-state index contributed by atoms with van der Waals surface area (Å²) in [6.45, 7) is 4.76. The van der Waals surface area contributed by atoms with Crippen LogP contribution >= 0.6 is 0 Å². The van der Waals surface area contributed by atoms with Gasteiger partial charge < -0.3 is 16.3 Å². The molecule has 0 aliphatic carbocycles. The molecule has 0 saturated carbocycles. The van der Waals surface area contributed by atoms with Crippen LogP contribution in [0.3, 0.4) is 0 Å². The van der Waals surface area contributed by atoms with E-state index in [4.69, 9.17) is 10.9 Å². The van der Waals surface area contributed by atoms with Crippen molar-refractivity contribution in [1.82, 2.24) is 10.3 Å². The van der Waals surface area contributed by atoms with E-state index in [0.717, 1.165) is 5.56 Å². The summed E-state index contributed by atoms with van der Waals surface area (Å²) in [6.07, 6.45) is 1.62. The van der Waals surface area contributed by atoms with E-state index in [-0.39, 0.29) is 5.84 Å². The van der Waals surface area contributed by atoms with Gasteiger partial charge in [-0.2, -0.15) is 0 Å². The van der Waals surface area contributed by atoms with Gasteiger partial charge in [0.25, 0.3) is 0 Å². The van der Waals surface area contributed by atoms with Gasteiger partial charge in [0.05, 0.1) is 0 Å². The first-order valence-electron chi connectivity index (χ1n) is 4.80. The Labute approximate surface area is 89.0 Å². The standard InChI is InChI=1S/C10H16N4O/c1-7(2)13-6-8-4-3-5-12-9(8)10(11)14-15/h3-5,7,13,15H,6H2,1-2H3,(H2,11,14). The first kappa shape index (κ1) is 11.5. The van der Waals surface area contributed by atoms with Crippen LogP contribution in [0.15, 0.2) is 23.5 Å². The fourth-order valence-electron chi connectivity index (χ4n) is 1.17. The third-order valence-electron chi connectivity index (χ3n) is 1.94. The van der Waals surface area contributed by atoms with Crippen molar-refractivity contribution >= 4 is 5.84 Å². The molecule has 82 valence electrons. The van der Waals surface area contributed by atoms with E-state index in [1.54, 1.807) is 6.20 Å². The molecule has 15 heavy (non-hydrogen) atoms. The van der Waals surface area contributed by atoms with Gasteiger partial charge in [-0.15, -0.1) is 0 Å². The molecular weight excluding hydrogens is 192 g/mol. The molecule has 0 saturated heterocycles. The molecule has 0 spiro atoms. The van der Waals surface area contributed by atoms with Crippen molar-refractivity contribution < 1.29 is 5.21 Å². The largest absolute Gasteiger partial charge is 0.409 e. The van der Waals surface area contributed by atoms with Gasteiger partial charge in [0, 0.05) is 18.8 Å².